The molecule has 1 aromatic carbocycles. The highest BCUT2D eigenvalue weighted by molar-refractivity contribution is 5.89. The zero-order valence-electron chi connectivity index (χ0n) is 16.0. The van der Waals surface area contributed by atoms with E-state index in [9.17, 15) is 28.6 Å². The molecule has 0 saturated heterocycles. The van der Waals surface area contributed by atoms with Gasteiger partial charge in [0.15, 0.2) is 6.10 Å². The molecule has 6 nitrogen and oxygen atoms in total. The van der Waals surface area contributed by atoms with Crippen molar-refractivity contribution in [1.29, 1.82) is 0 Å². The van der Waals surface area contributed by atoms with Gasteiger partial charge in [0.25, 0.3) is 5.91 Å². The van der Waals surface area contributed by atoms with Crippen molar-refractivity contribution in [2.75, 3.05) is 6.61 Å². The molecule has 2 rings (SSSR count). The van der Waals surface area contributed by atoms with Gasteiger partial charge in [-0.2, -0.15) is 0 Å². The lowest BCUT2D eigenvalue weighted by Gasteiger charge is -2.27. The fraction of sp³-hybridized carbons (Fsp3) is 0.600. The van der Waals surface area contributed by atoms with Crippen LogP contribution in [0.4, 0.5) is 8.78 Å². The van der Waals surface area contributed by atoms with Gasteiger partial charge in [-0.25, -0.2) is 8.78 Å². The molecule has 0 spiro atoms. The first kappa shape index (κ1) is 22.2. The first-order chi connectivity index (χ1) is 13.3. The molecule has 28 heavy (non-hydrogen) atoms. The molecule has 1 aliphatic rings. The molecule has 2 amide bonds. The molecule has 0 unspecified atom stereocenters. The summed E-state index contributed by atoms with van der Waals surface area (Å²) in [6.07, 6.45) is 4.55. The van der Waals surface area contributed by atoms with Crippen molar-refractivity contribution in [1.82, 2.24) is 10.6 Å². The van der Waals surface area contributed by atoms with E-state index in [1.807, 2.05) is 0 Å². The van der Waals surface area contributed by atoms with Gasteiger partial charge in [0.2, 0.25) is 5.91 Å². The van der Waals surface area contributed by atoms with Gasteiger partial charge in [-0.15, -0.1) is 0 Å². The van der Waals surface area contributed by atoms with Crippen LogP contribution in [0.5, 0.6) is 0 Å². The smallest absolute Gasteiger partial charge is 0.254 e. The van der Waals surface area contributed by atoms with Gasteiger partial charge in [-0.1, -0.05) is 32.1 Å². The number of carbonyl (C=O) groups excluding carboxylic acids is 2. The molecule has 156 valence electrons. The van der Waals surface area contributed by atoms with Crippen molar-refractivity contribution >= 4 is 11.8 Å². The number of rotatable bonds is 8. The fourth-order valence-corrected chi connectivity index (χ4v) is 3.57. The number of carbonyl (C=O) groups is 2. The van der Waals surface area contributed by atoms with E-state index in [2.05, 4.69) is 10.6 Å². The van der Waals surface area contributed by atoms with Gasteiger partial charge >= 0.3 is 0 Å². The summed E-state index contributed by atoms with van der Waals surface area (Å²) in [7, 11) is 0. The fourth-order valence-electron chi connectivity index (χ4n) is 3.57. The zero-order chi connectivity index (χ0) is 20.7. The quantitative estimate of drug-likeness (QED) is 0.538. The van der Waals surface area contributed by atoms with Crippen LogP contribution in [0.25, 0.3) is 0 Å². The molecular formula is C20H28F2N2O4. The minimum Gasteiger partial charge on any atom is -0.394 e. The van der Waals surface area contributed by atoms with Crippen LogP contribution in [0.1, 0.15) is 57.1 Å². The third-order valence-corrected chi connectivity index (χ3v) is 5.11. The summed E-state index contributed by atoms with van der Waals surface area (Å²) in [6, 6.07) is 0.942. The van der Waals surface area contributed by atoms with Crippen molar-refractivity contribution in [3.63, 3.8) is 0 Å². The molecule has 1 fully saturated rings. The van der Waals surface area contributed by atoms with Crippen LogP contribution < -0.4 is 10.6 Å². The molecule has 0 radical (unpaired) electrons. The highest BCUT2D eigenvalue weighted by Gasteiger charge is 2.25. The number of benzene rings is 1. The Balaban J connectivity index is 1.88. The highest BCUT2D eigenvalue weighted by atomic mass is 19.1. The minimum absolute atomic E-state index is 0.200. The van der Waals surface area contributed by atoms with Crippen LogP contribution in [-0.4, -0.2) is 40.7 Å². The Kier molecular flexibility index (Phi) is 8.32. The Morgan fingerprint density at radius 3 is 2.25 bits per heavy atom. The van der Waals surface area contributed by atoms with E-state index >= 15 is 0 Å². The summed E-state index contributed by atoms with van der Waals surface area (Å²) in [4.78, 5) is 24.4. The lowest BCUT2D eigenvalue weighted by Crippen LogP contribution is -2.50. The van der Waals surface area contributed by atoms with E-state index in [0.29, 0.717) is 18.4 Å². The summed E-state index contributed by atoms with van der Waals surface area (Å²) in [5.41, 5.74) is -0.242. The Labute approximate surface area is 163 Å². The van der Waals surface area contributed by atoms with Crippen LogP contribution in [0.3, 0.4) is 0 Å². The Bertz CT molecular complexity index is 660. The second-order valence-electron chi connectivity index (χ2n) is 7.46. The molecule has 3 atom stereocenters. The van der Waals surface area contributed by atoms with E-state index in [1.54, 1.807) is 0 Å². The van der Waals surface area contributed by atoms with Gasteiger partial charge in [0, 0.05) is 6.07 Å². The first-order valence-electron chi connectivity index (χ1n) is 9.65. The second kappa shape index (κ2) is 10.5. The van der Waals surface area contributed by atoms with Gasteiger partial charge < -0.3 is 20.8 Å². The van der Waals surface area contributed by atoms with Crippen molar-refractivity contribution < 1.29 is 28.6 Å². The Morgan fingerprint density at radius 1 is 1.07 bits per heavy atom. The Hall–Kier alpha value is -2.06. The van der Waals surface area contributed by atoms with Crippen LogP contribution >= 0.6 is 0 Å². The summed E-state index contributed by atoms with van der Waals surface area (Å²) in [6.45, 7) is 1.23. The average Bonchev–Trinajstić information content (AvgIpc) is 2.66. The number of amides is 2. The molecule has 4 N–H and O–H groups in total. The number of aliphatic hydroxyl groups excluding tert-OH is 2. The topological polar surface area (TPSA) is 98.7 Å². The predicted molar refractivity (Wildman–Crippen MR) is 99.1 cm³/mol. The van der Waals surface area contributed by atoms with Gasteiger partial charge in [0.1, 0.15) is 17.7 Å². The Morgan fingerprint density at radius 2 is 1.68 bits per heavy atom. The molecular weight excluding hydrogens is 370 g/mol. The molecule has 1 aliphatic carbocycles. The van der Waals surface area contributed by atoms with Crippen molar-refractivity contribution in [2.24, 2.45) is 5.92 Å². The SMILES string of the molecule is C[C@H](NC(=O)[C@@H](O)c1cc(F)cc(F)c1)C(=O)N[C@H](CO)CC1CCCCC1. The summed E-state index contributed by atoms with van der Waals surface area (Å²) in [5, 5.41) is 24.6. The minimum atomic E-state index is -1.81. The average molecular weight is 398 g/mol. The lowest BCUT2D eigenvalue weighted by molar-refractivity contribution is -0.134. The van der Waals surface area contributed by atoms with Gasteiger partial charge in [0.05, 0.1) is 12.6 Å². The lowest BCUT2D eigenvalue weighted by atomic mass is 9.85. The van der Waals surface area contributed by atoms with Gasteiger partial charge in [-0.3, -0.25) is 9.59 Å². The van der Waals surface area contributed by atoms with E-state index in [1.165, 1.54) is 13.3 Å². The third kappa shape index (κ3) is 6.53. The molecule has 8 heteroatoms. The van der Waals surface area contributed by atoms with Crippen LogP contribution in [0.15, 0.2) is 18.2 Å². The van der Waals surface area contributed by atoms with Crippen molar-refractivity contribution in [3.05, 3.63) is 35.4 Å². The van der Waals surface area contributed by atoms with Crippen molar-refractivity contribution in [2.45, 2.75) is 63.6 Å². The van der Waals surface area contributed by atoms with Gasteiger partial charge in [-0.05, 0) is 37.0 Å². The number of hydrogen-bond acceptors (Lipinski definition) is 4. The predicted octanol–water partition coefficient (Wildman–Crippen LogP) is 1.95. The van der Waals surface area contributed by atoms with E-state index in [4.69, 9.17) is 0 Å². The largest absolute Gasteiger partial charge is 0.394 e. The van der Waals surface area contributed by atoms with Crippen LogP contribution in [-0.2, 0) is 9.59 Å². The maximum Gasteiger partial charge on any atom is 0.254 e. The van der Waals surface area contributed by atoms with Crippen LogP contribution in [0.2, 0.25) is 0 Å². The zero-order valence-corrected chi connectivity index (χ0v) is 16.0. The highest BCUT2D eigenvalue weighted by Crippen LogP contribution is 2.27. The monoisotopic (exact) mass is 398 g/mol. The molecule has 0 heterocycles. The molecule has 0 bridgehead atoms. The molecule has 1 saturated carbocycles. The summed E-state index contributed by atoms with van der Waals surface area (Å²) >= 11 is 0. The third-order valence-electron chi connectivity index (χ3n) is 5.11. The molecule has 0 aromatic heterocycles. The van der Waals surface area contributed by atoms with E-state index < -0.39 is 41.6 Å². The first-order valence-corrected chi connectivity index (χ1v) is 9.65. The maximum atomic E-state index is 13.2. The number of hydrogen-bond donors (Lipinski definition) is 4. The molecule has 1 aromatic rings. The summed E-state index contributed by atoms with van der Waals surface area (Å²) < 4.78 is 26.5. The van der Waals surface area contributed by atoms with Crippen LogP contribution in [0, 0.1) is 17.6 Å². The molecule has 0 aliphatic heterocycles. The van der Waals surface area contributed by atoms with Crippen molar-refractivity contribution in [3.8, 4) is 0 Å². The second-order valence-corrected chi connectivity index (χ2v) is 7.46. The maximum absolute atomic E-state index is 13.2. The summed E-state index contributed by atoms with van der Waals surface area (Å²) in [5.74, 6) is -2.82. The number of aliphatic hydroxyl groups is 2. The number of nitrogens with one attached hydrogen (secondary N) is 2. The van der Waals surface area contributed by atoms with E-state index in [-0.39, 0.29) is 12.2 Å². The number of halogens is 2. The van der Waals surface area contributed by atoms with E-state index in [0.717, 1.165) is 37.8 Å². The standard InChI is InChI=1S/C20H28F2N2O4/c1-12(19(27)24-17(11-25)7-13-5-3-2-4-6-13)23-20(28)18(26)14-8-15(21)10-16(22)9-14/h8-10,12-13,17-18,25-26H,2-7,11H2,1H3,(H,23,28)(H,24,27)/t12-,17-,18-/m0/s1. The normalized spacial score (nSPS) is 18.2.